The van der Waals surface area contributed by atoms with Gasteiger partial charge < -0.3 is 19.5 Å². The first-order valence-electron chi connectivity index (χ1n) is 8.44. The van der Waals surface area contributed by atoms with E-state index >= 15 is 0 Å². The van der Waals surface area contributed by atoms with Crippen LogP contribution >= 0.6 is 0 Å². The van der Waals surface area contributed by atoms with Gasteiger partial charge in [0.15, 0.2) is 11.5 Å². The number of rotatable bonds is 7. The number of nitriles is 1. The van der Waals surface area contributed by atoms with E-state index in [0.717, 1.165) is 0 Å². The minimum atomic E-state index is -0.568. The van der Waals surface area contributed by atoms with Crippen LogP contribution in [0, 0.1) is 11.3 Å². The van der Waals surface area contributed by atoms with E-state index in [4.69, 9.17) is 14.2 Å². The van der Waals surface area contributed by atoms with Gasteiger partial charge in [-0.15, -0.1) is 0 Å². The molecule has 0 spiro atoms. The molecule has 7 nitrogen and oxygen atoms in total. The fraction of sp³-hybridized carbons (Fsp3) is 0.190. The van der Waals surface area contributed by atoms with Crippen LogP contribution in [0.2, 0.25) is 0 Å². The molecule has 0 aliphatic carbocycles. The van der Waals surface area contributed by atoms with Gasteiger partial charge in [-0.3, -0.25) is 4.79 Å². The molecule has 2 aromatic carbocycles. The van der Waals surface area contributed by atoms with E-state index in [1.165, 1.54) is 32.4 Å². The highest BCUT2D eigenvalue weighted by atomic mass is 16.5. The van der Waals surface area contributed by atoms with Gasteiger partial charge in [0.25, 0.3) is 5.91 Å². The standard InChI is InChI=1S/C21H20N2O5/c1-4-28-21(25)15-6-8-17(9-7-15)23-20(24)16(13-22)11-14-5-10-18(26-2)19(12-14)27-3/h5-12H,4H2,1-3H3,(H,23,24)/b16-11+. The maximum atomic E-state index is 12.4. The van der Waals surface area contributed by atoms with Crippen LogP contribution in [0.3, 0.4) is 0 Å². The highest BCUT2D eigenvalue weighted by molar-refractivity contribution is 6.09. The van der Waals surface area contributed by atoms with E-state index in [0.29, 0.717) is 28.3 Å². The number of amides is 1. The zero-order chi connectivity index (χ0) is 20.5. The highest BCUT2D eigenvalue weighted by Gasteiger charge is 2.12. The number of methoxy groups -OCH3 is 2. The molecule has 0 saturated carbocycles. The highest BCUT2D eigenvalue weighted by Crippen LogP contribution is 2.28. The van der Waals surface area contributed by atoms with E-state index in [1.54, 1.807) is 37.3 Å². The average molecular weight is 380 g/mol. The zero-order valence-corrected chi connectivity index (χ0v) is 15.8. The molecule has 0 radical (unpaired) electrons. The number of esters is 1. The van der Waals surface area contributed by atoms with Crippen LogP contribution in [0.5, 0.6) is 11.5 Å². The number of carbonyl (C=O) groups is 2. The molecular weight excluding hydrogens is 360 g/mol. The van der Waals surface area contributed by atoms with Crippen molar-refractivity contribution in [3.05, 3.63) is 59.2 Å². The number of anilines is 1. The van der Waals surface area contributed by atoms with Crippen LogP contribution in [0.25, 0.3) is 6.08 Å². The van der Waals surface area contributed by atoms with Crippen LogP contribution in [-0.4, -0.2) is 32.7 Å². The van der Waals surface area contributed by atoms with Gasteiger partial charge in [0, 0.05) is 5.69 Å². The zero-order valence-electron chi connectivity index (χ0n) is 15.8. The number of hydrogen-bond donors (Lipinski definition) is 1. The first-order valence-corrected chi connectivity index (χ1v) is 8.44. The lowest BCUT2D eigenvalue weighted by atomic mass is 10.1. The van der Waals surface area contributed by atoms with E-state index in [2.05, 4.69) is 5.32 Å². The SMILES string of the molecule is CCOC(=O)c1ccc(NC(=O)/C(C#N)=C/c2ccc(OC)c(OC)c2)cc1. The summed E-state index contributed by atoms with van der Waals surface area (Å²) in [6.07, 6.45) is 1.45. The Bertz CT molecular complexity index is 927. The average Bonchev–Trinajstić information content (AvgIpc) is 2.72. The summed E-state index contributed by atoms with van der Waals surface area (Å²) in [5, 5.41) is 12.0. The predicted octanol–water partition coefficient (Wildman–Crippen LogP) is 3.43. The maximum absolute atomic E-state index is 12.4. The van der Waals surface area contributed by atoms with E-state index in [1.807, 2.05) is 6.07 Å². The third kappa shape index (κ3) is 5.11. The van der Waals surface area contributed by atoms with E-state index in [-0.39, 0.29) is 12.2 Å². The second-order valence-corrected chi connectivity index (χ2v) is 5.54. The molecule has 2 rings (SSSR count). The Morgan fingerprint density at radius 3 is 2.32 bits per heavy atom. The van der Waals surface area contributed by atoms with Crippen molar-refractivity contribution in [2.24, 2.45) is 0 Å². The number of nitrogens with one attached hydrogen (secondary N) is 1. The number of benzene rings is 2. The molecule has 0 saturated heterocycles. The van der Waals surface area contributed by atoms with Crippen LogP contribution in [-0.2, 0) is 9.53 Å². The first-order chi connectivity index (χ1) is 13.5. The second kappa shape index (κ2) is 9.78. The van der Waals surface area contributed by atoms with Gasteiger partial charge in [-0.2, -0.15) is 5.26 Å². The predicted molar refractivity (Wildman–Crippen MR) is 104 cm³/mol. The fourth-order valence-electron chi connectivity index (χ4n) is 2.36. The number of ether oxygens (including phenoxy) is 3. The Balaban J connectivity index is 2.16. The van der Waals surface area contributed by atoms with Crippen molar-refractivity contribution < 1.29 is 23.8 Å². The summed E-state index contributed by atoms with van der Waals surface area (Å²) in [4.78, 5) is 24.1. The normalized spacial score (nSPS) is 10.6. The van der Waals surface area contributed by atoms with Crippen molar-refractivity contribution >= 4 is 23.6 Å². The van der Waals surface area contributed by atoms with Crippen molar-refractivity contribution in [1.29, 1.82) is 5.26 Å². The van der Waals surface area contributed by atoms with E-state index < -0.39 is 11.9 Å². The van der Waals surface area contributed by atoms with Gasteiger partial charge in [0.2, 0.25) is 0 Å². The minimum absolute atomic E-state index is 0.0818. The molecule has 0 bridgehead atoms. The van der Waals surface area contributed by atoms with Gasteiger partial charge in [-0.1, -0.05) is 6.07 Å². The fourth-order valence-corrected chi connectivity index (χ4v) is 2.36. The summed E-state index contributed by atoms with van der Waals surface area (Å²) in [6, 6.07) is 13.2. The lowest BCUT2D eigenvalue weighted by Gasteiger charge is -2.08. The molecule has 0 heterocycles. The lowest BCUT2D eigenvalue weighted by molar-refractivity contribution is -0.112. The molecule has 0 fully saturated rings. The molecule has 0 aliphatic rings. The van der Waals surface area contributed by atoms with Crippen molar-refractivity contribution in [2.45, 2.75) is 6.92 Å². The second-order valence-electron chi connectivity index (χ2n) is 5.54. The van der Waals surface area contributed by atoms with Crippen molar-refractivity contribution in [3.8, 4) is 17.6 Å². The first kappa shape index (κ1) is 20.5. The largest absolute Gasteiger partial charge is 0.493 e. The third-order valence-corrected chi connectivity index (χ3v) is 3.74. The smallest absolute Gasteiger partial charge is 0.338 e. The molecule has 144 valence electrons. The quantitative estimate of drug-likeness (QED) is 0.449. The molecule has 1 N–H and O–H groups in total. The van der Waals surface area contributed by atoms with Crippen LogP contribution in [0.4, 0.5) is 5.69 Å². The third-order valence-electron chi connectivity index (χ3n) is 3.74. The molecule has 1 amide bonds. The van der Waals surface area contributed by atoms with Crippen molar-refractivity contribution in [3.63, 3.8) is 0 Å². The summed E-state index contributed by atoms with van der Waals surface area (Å²) < 4.78 is 15.3. The molecule has 7 heteroatoms. The van der Waals surface area contributed by atoms with Crippen LogP contribution in [0.15, 0.2) is 48.0 Å². The maximum Gasteiger partial charge on any atom is 0.338 e. The van der Waals surface area contributed by atoms with Gasteiger partial charge in [-0.25, -0.2) is 4.79 Å². The number of hydrogen-bond acceptors (Lipinski definition) is 6. The molecule has 2 aromatic rings. The summed E-state index contributed by atoms with van der Waals surface area (Å²) in [5.74, 6) is 0.0282. The Kier molecular flexibility index (Phi) is 7.17. The minimum Gasteiger partial charge on any atom is -0.493 e. The Hall–Kier alpha value is -3.79. The molecule has 0 aromatic heterocycles. The summed E-state index contributed by atoms with van der Waals surface area (Å²) in [6.45, 7) is 2.00. The topological polar surface area (TPSA) is 97.7 Å². The molecule has 28 heavy (non-hydrogen) atoms. The monoisotopic (exact) mass is 380 g/mol. The van der Waals surface area contributed by atoms with E-state index in [9.17, 15) is 14.9 Å². The summed E-state index contributed by atoms with van der Waals surface area (Å²) in [7, 11) is 3.03. The number of carbonyl (C=O) groups excluding carboxylic acids is 2. The Labute approximate surface area is 163 Å². The van der Waals surface area contributed by atoms with Crippen LogP contribution < -0.4 is 14.8 Å². The molecule has 0 aliphatic heterocycles. The molecular formula is C21H20N2O5. The van der Waals surface area contributed by atoms with Crippen LogP contribution in [0.1, 0.15) is 22.8 Å². The van der Waals surface area contributed by atoms with Crippen molar-refractivity contribution in [1.82, 2.24) is 0 Å². The lowest BCUT2D eigenvalue weighted by Crippen LogP contribution is -2.13. The van der Waals surface area contributed by atoms with Gasteiger partial charge >= 0.3 is 5.97 Å². The summed E-state index contributed by atoms with van der Waals surface area (Å²) >= 11 is 0. The van der Waals surface area contributed by atoms with Gasteiger partial charge in [-0.05, 0) is 55.0 Å². The van der Waals surface area contributed by atoms with Crippen molar-refractivity contribution in [2.75, 3.05) is 26.1 Å². The van der Waals surface area contributed by atoms with Gasteiger partial charge in [0.05, 0.1) is 26.4 Å². The number of nitrogens with zero attached hydrogens (tertiary/aromatic N) is 1. The summed E-state index contributed by atoms with van der Waals surface area (Å²) in [5.41, 5.74) is 1.36. The Morgan fingerprint density at radius 2 is 1.75 bits per heavy atom. The molecule has 0 unspecified atom stereocenters. The Morgan fingerprint density at radius 1 is 1.07 bits per heavy atom. The van der Waals surface area contributed by atoms with Gasteiger partial charge in [0.1, 0.15) is 11.6 Å². The molecule has 0 atom stereocenters.